The molecule has 0 radical (unpaired) electrons. The molecule has 1 N–H and O–H groups in total. The molecule has 2 heterocycles. The molecule has 1 aromatic heterocycles. The van der Waals surface area contributed by atoms with Gasteiger partial charge in [-0.2, -0.15) is 5.10 Å². The van der Waals surface area contributed by atoms with Gasteiger partial charge in [0.1, 0.15) is 11.9 Å². The normalized spacial score (nSPS) is 15.2. The number of guanidine groups is 1. The number of likely N-dealkylation sites (tertiary alicyclic amines) is 1. The van der Waals surface area contributed by atoms with Crippen LogP contribution < -0.4 is 10.1 Å². The Bertz CT molecular complexity index is 930. The topological polar surface area (TPSA) is 54.7 Å². The van der Waals surface area contributed by atoms with E-state index in [1.807, 2.05) is 54.3 Å². The van der Waals surface area contributed by atoms with E-state index >= 15 is 0 Å². The summed E-state index contributed by atoms with van der Waals surface area (Å²) in [6.07, 6.45) is 6.25. The van der Waals surface area contributed by atoms with Crippen molar-refractivity contribution in [3.8, 4) is 5.75 Å². The Kier molecular flexibility index (Phi) is 6.65. The lowest BCUT2D eigenvalue weighted by Gasteiger charge is -2.34. The maximum atomic E-state index is 6.10. The fourth-order valence-electron chi connectivity index (χ4n) is 3.74. The Balaban J connectivity index is 1.24. The molecule has 0 bridgehead atoms. The van der Waals surface area contributed by atoms with Gasteiger partial charge in [-0.25, -0.2) is 0 Å². The van der Waals surface area contributed by atoms with Crippen molar-refractivity contribution >= 4 is 5.96 Å². The number of rotatable bonds is 6. The number of aliphatic imine (C=N–C) groups is 1. The summed E-state index contributed by atoms with van der Waals surface area (Å²) >= 11 is 0. The Labute approximate surface area is 178 Å². The third kappa shape index (κ3) is 5.41. The second-order valence-electron chi connectivity index (χ2n) is 7.55. The summed E-state index contributed by atoms with van der Waals surface area (Å²) in [7, 11) is 1.84. The van der Waals surface area contributed by atoms with Crippen molar-refractivity contribution in [2.24, 2.45) is 4.99 Å². The highest BCUT2D eigenvalue weighted by Crippen LogP contribution is 2.18. The first-order valence-corrected chi connectivity index (χ1v) is 10.5. The summed E-state index contributed by atoms with van der Waals surface area (Å²) in [5, 5.41) is 7.96. The van der Waals surface area contributed by atoms with Crippen molar-refractivity contribution in [3.05, 3.63) is 84.2 Å². The van der Waals surface area contributed by atoms with Crippen molar-refractivity contribution in [2.45, 2.75) is 32.0 Å². The smallest absolute Gasteiger partial charge is 0.193 e. The van der Waals surface area contributed by atoms with Gasteiger partial charge in [0, 0.05) is 51.3 Å². The molecular formula is C24H29N5O. The molecule has 0 saturated carbocycles. The van der Waals surface area contributed by atoms with Crippen molar-refractivity contribution in [1.82, 2.24) is 20.0 Å². The molecule has 1 aliphatic rings. The first-order chi connectivity index (χ1) is 14.8. The van der Waals surface area contributed by atoms with Gasteiger partial charge in [-0.15, -0.1) is 0 Å². The van der Waals surface area contributed by atoms with Gasteiger partial charge >= 0.3 is 0 Å². The molecule has 0 amide bonds. The number of nitrogens with one attached hydrogen (secondary N) is 1. The van der Waals surface area contributed by atoms with E-state index in [1.165, 1.54) is 5.56 Å². The van der Waals surface area contributed by atoms with Crippen LogP contribution in [0, 0.1) is 0 Å². The lowest BCUT2D eigenvalue weighted by molar-refractivity contribution is 0.129. The fourth-order valence-corrected chi connectivity index (χ4v) is 3.74. The predicted molar refractivity (Wildman–Crippen MR) is 120 cm³/mol. The lowest BCUT2D eigenvalue weighted by atomic mass is 10.1. The second-order valence-corrected chi connectivity index (χ2v) is 7.55. The average Bonchev–Trinajstić information content (AvgIpc) is 3.24. The molecule has 3 aromatic rings. The minimum atomic E-state index is 0.262. The highest BCUT2D eigenvalue weighted by atomic mass is 16.5. The van der Waals surface area contributed by atoms with Gasteiger partial charge < -0.3 is 15.0 Å². The summed E-state index contributed by atoms with van der Waals surface area (Å²) in [5.74, 6) is 1.88. The molecule has 1 saturated heterocycles. The van der Waals surface area contributed by atoms with Crippen LogP contribution in [0.1, 0.15) is 24.0 Å². The van der Waals surface area contributed by atoms with Crippen LogP contribution >= 0.6 is 0 Å². The third-order valence-electron chi connectivity index (χ3n) is 5.32. The third-order valence-corrected chi connectivity index (χ3v) is 5.32. The quantitative estimate of drug-likeness (QED) is 0.505. The SMILES string of the molecule is CN=C(NCc1cnn(Cc2ccccc2)c1)N1CCC(Oc2ccccc2)CC1. The molecule has 4 rings (SSSR count). The van der Waals surface area contributed by atoms with E-state index in [9.17, 15) is 0 Å². The van der Waals surface area contributed by atoms with Crippen molar-refractivity contribution in [2.75, 3.05) is 20.1 Å². The van der Waals surface area contributed by atoms with E-state index in [0.717, 1.165) is 49.7 Å². The van der Waals surface area contributed by atoms with Crippen molar-refractivity contribution in [1.29, 1.82) is 0 Å². The van der Waals surface area contributed by atoms with Crippen LogP contribution in [-0.4, -0.2) is 46.9 Å². The average molecular weight is 404 g/mol. The minimum Gasteiger partial charge on any atom is -0.490 e. The van der Waals surface area contributed by atoms with Crippen LogP contribution in [0.5, 0.6) is 5.75 Å². The highest BCUT2D eigenvalue weighted by Gasteiger charge is 2.22. The zero-order valence-corrected chi connectivity index (χ0v) is 17.4. The minimum absolute atomic E-state index is 0.262. The summed E-state index contributed by atoms with van der Waals surface area (Å²) in [6.45, 7) is 3.36. The van der Waals surface area contributed by atoms with Crippen LogP contribution in [-0.2, 0) is 13.1 Å². The maximum absolute atomic E-state index is 6.10. The second kappa shape index (κ2) is 9.96. The van der Waals surface area contributed by atoms with E-state index in [0.29, 0.717) is 6.54 Å². The van der Waals surface area contributed by atoms with Crippen LogP contribution in [0.4, 0.5) is 0 Å². The molecule has 30 heavy (non-hydrogen) atoms. The Morgan fingerprint density at radius 1 is 1.03 bits per heavy atom. The summed E-state index contributed by atoms with van der Waals surface area (Å²) in [4.78, 5) is 6.78. The summed E-state index contributed by atoms with van der Waals surface area (Å²) in [5.41, 5.74) is 2.39. The molecule has 2 aromatic carbocycles. The Morgan fingerprint density at radius 3 is 2.43 bits per heavy atom. The standard InChI is InChI=1S/C24H29N5O/c1-25-24(28-14-12-23(13-15-28)30-22-10-6-3-7-11-22)26-16-21-17-27-29(19-21)18-20-8-4-2-5-9-20/h2-11,17,19,23H,12-16,18H2,1H3,(H,25,26). The molecule has 0 aliphatic carbocycles. The van der Waals surface area contributed by atoms with Gasteiger partial charge in [0.25, 0.3) is 0 Å². The van der Waals surface area contributed by atoms with E-state index in [2.05, 4.69) is 50.8 Å². The van der Waals surface area contributed by atoms with Crippen molar-refractivity contribution < 1.29 is 4.74 Å². The number of benzene rings is 2. The number of hydrogen-bond donors (Lipinski definition) is 1. The molecule has 6 heteroatoms. The number of hydrogen-bond acceptors (Lipinski definition) is 3. The van der Waals surface area contributed by atoms with Gasteiger partial charge in [-0.05, 0) is 17.7 Å². The highest BCUT2D eigenvalue weighted by molar-refractivity contribution is 5.79. The molecule has 1 aliphatic heterocycles. The number of nitrogens with zero attached hydrogens (tertiary/aromatic N) is 4. The maximum Gasteiger partial charge on any atom is 0.193 e. The van der Waals surface area contributed by atoms with E-state index < -0.39 is 0 Å². The zero-order valence-electron chi connectivity index (χ0n) is 17.4. The van der Waals surface area contributed by atoms with Gasteiger partial charge in [0.2, 0.25) is 0 Å². The molecular weight excluding hydrogens is 374 g/mol. The van der Waals surface area contributed by atoms with Crippen molar-refractivity contribution in [3.63, 3.8) is 0 Å². The predicted octanol–water partition coefficient (Wildman–Crippen LogP) is 3.55. The van der Waals surface area contributed by atoms with E-state index in [1.54, 1.807) is 0 Å². The Hall–Kier alpha value is -3.28. The first kappa shape index (κ1) is 20.0. The van der Waals surface area contributed by atoms with Crippen LogP contribution in [0.2, 0.25) is 0 Å². The van der Waals surface area contributed by atoms with Gasteiger partial charge in [0.05, 0.1) is 12.7 Å². The largest absolute Gasteiger partial charge is 0.490 e. The van der Waals surface area contributed by atoms with Crippen LogP contribution in [0.15, 0.2) is 78.0 Å². The summed E-state index contributed by atoms with van der Waals surface area (Å²) < 4.78 is 8.07. The van der Waals surface area contributed by atoms with Crippen LogP contribution in [0.25, 0.3) is 0 Å². The fraction of sp³-hybridized carbons (Fsp3) is 0.333. The molecule has 0 unspecified atom stereocenters. The van der Waals surface area contributed by atoms with E-state index in [4.69, 9.17) is 4.74 Å². The summed E-state index contributed by atoms with van der Waals surface area (Å²) in [6, 6.07) is 20.4. The number of piperidine rings is 1. The molecule has 0 spiro atoms. The molecule has 1 fully saturated rings. The number of aromatic nitrogens is 2. The van der Waals surface area contributed by atoms with Crippen LogP contribution in [0.3, 0.4) is 0 Å². The Morgan fingerprint density at radius 2 is 1.73 bits per heavy atom. The monoisotopic (exact) mass is 403 g/mol. The molecule has 156 valence electrons. The molecule has 6 nitrogen and oxygen atoms in total. The van der Waals surface area contributed by atoms with Gasteiger partial charge in [0.15, 0.2) is 5.96 Å². The first-order valence-electron chi connectivity index (χ1n) is 10.5. The number of ether oxygens (including phenoxy) is 1. The van der Waals surface area contributed by atoms with Gasteiger partial charge in [-0.1, -0.05) is 48.5 Å². The van der Waals surface area contributed by atoms with E-state index in [-0.39, 0.29) is 6.10 Å². The van der Waals surface area contributed by atoms with Gasteiger partial charge in [-0.3, -0.25) is 9.67 Å². The molecule has 0 atom stereocenters. The lowest BCUT2D eigenvalue weighted by Crippen LogP contribution is -2.47. The zero-order chi connectivity index (χ0) is 20.6. The number of para-hydroxylation sites is 1.